The lowest BCUT2D eigenvalue weighted by Crippen LogP contribution is -2.43. The lowest BCUT2D eigenvalue weighted by atomic mass is 9.66. The van der Waals surface area contributed by atoms with Crippen LogP contribution in [0.5, 0.6) is 0 Å². The van der Waals surface area contributed by atoms with Crippen LogP contribution in [0.1, 0.15) is 59.8 Å². The number of aliphatic hydroxyl groups is 3. The number of rotatable bonds is 8. The van der Waals surface area contributed by atoms with Crippen molar-refractivity contribution in [2.24, 2.45) is 23.7 Å². The summed E-state index contributed by atoms with van der Waals surface area (Å²) >= 11 is 0. The Bertz CT molecular complexity index is 553. The Balaban J connectivity index is 2.16. The van der Waals surface area contributed by atoms with Gasteiger partial charge in [0, 0.05) is 12.3 Å². The number of esters is 1. The molecule has 0 spiro atoms. The Labute approximate surface area is 163 Å². The highest BCUT2D eigenvalue weighted by molar-refractivity contribution is 5.72. The Morgan fingerprint density at radius 3 is 2.67 bits per heavy atom. The van der Waals surface area contributed by atoms with E-state index in [4.69, 9.17) is 4.74 Å². The molecule has 2 aliphatic rings. The van der Waals surface area contributed by atoms with Gasteiger partial charge < -0.3 is 20.1 Å². The van der Waals surface area contributed by atoms with Crippen molar-refractivity contribution in [1.29, 1.82) is 0 Å². The van der Waals surface area contributed by atoms with E-state index in [-0.39, 0.29) is 29.8 Å². The van der Waals surface area contributed by atoms with Gasteiger partial charge in [0.25, 0.3) is 0 Å². The number of fused-ring (bicyclic) bond motifs is 1. The van der Waals surface area contributed by atoms with E-state index in [1.54, 1.807) is 6.92 Å². The van der Waals surface area contributed by atoms with Gasteiger partial charge in [0.15, 0.2) is 0 Å². The number of carbonyl (C=O) groups is 1. The molecular weight excluding hydrogens is 344 g/mol. The van der Waals surface area contributed by atoms with Crippen molar-refractivity contribution in [2.75, 3.05) is 0 Å². The molecule has 0 amide bonds. The molecule has 0 aromatic heterocycles. The van der Waals surface area contributed by atoms with Gasteiger partial charge >= 0.3 is 5.97 Å². The second-order valence-electron chi connectivity index (χ2n) is 8.48. The van der Waals surface area contributed by atoms with Crippen LogP contribution in [-0.2, 0) is 9.53 Å². The minimum absolute atomic E-state index is 0.0418. The number of hydrogen-bond acceptors (Lipinski definition) is 5. The molecule has 5 nitrogen and oxygen atoms in total. The van der Waals surface area contributed by atoms with Crippen molar-refractivity contribution in [3.05, 3.63) is 23.8 Å². The Kier molecular flexibility index (Phi) is 8.07. The number of ether oxygens (including phenoxy) is 1. The normalized spacial score (nSPS) is 33.6. The summed E-state index contributed by atoms with van der Waals surface area (Å²) in [6, 6.07) is 0. The fraction of sp³-hybridized carbons (Fsp3) is 0.773. The number of allylic oxidation sites excluding steroid dienone is 2. The number of carbonyl (C=O) groups excluding carboxylic acids is 1. The third kappa shape index (κ3) is 5.90. The molecule has 0 saturated heterocycles. The number of hydrogen-bond donors (Lipinski definition) is 3. The maximum atomic E-state index is 12.4. The second kappa shape index (κ2) is 9.85. The second-order valence-corrected chi connectivity index (χ2v) is 8.48. The van der Waals surface area contributed by atoms with Gasteiger partial charge in [-0.3, -0.25) is 4.79 Å². The molecule has 0 radical (unpaired) electrons. The molecule has 2 aliphatic carbocycles. The first kappa shape index (κ1) is 22.1. The first-order valence-electron chi connectivity index (χ1n) is 10.4. The molecule has 2 rings (SSSR count). The summed E-state index contributed by atoms with van der Waals surface area (Å²) in [5, 5.41) is 29.9. The van der Waals surface area contributed by atoms with Gasteiger partial charge in [0.2, 0.25) is 0 Å². The highest BCUT2D eigenvalue weighted by Gasteiger charge is 2.42. The van der Waals surface area contributed by atoms with Crippen LogP contribution in [0.2, 0.25) is 0 Å². The molecule has 0 aromatic carbocycles. The third-order valence-electron chi connectivity index (χ3n) is 6.10. The first-order valence-corrected chi connectivity index (χ1v) is 10.4. The molecule has 5 heteroatoms. The maximum absolute atomic E-state index is 12.4. The summed E-state index contributed by atoms with van der Waals surface area (Å²) in [7, 11) is 0. The van der Waals surface area contributed by atoms with E-state index in [0.29, 0.717) is 25.2 Å². The van der Waals surface area contributed by atoms with Gasteiger partial charge in [0.05, 0.1) is 24.2 Å². The fourth-order valence-corrected chi connectivity index (χ4v) is 4.32. The summed E-state index contributed by atoms with van der Waals surface area (Å²) in [4.78, 5) is 12.4. The van der Waals surface area contributed by atoms with E-state index in [1.165, 1.54) is 0 Å². The number of aliphatic hydroxyl groups excluding tert-OH is 3. The molecule has 0 saturated carbocycles. The molecule has 8 atom stereocenters. The van der Waals surface area contributed by atoms with Crippen molar-refractivity contribution in [2.45, 2.75) is 84.2 Å². The van der Waals surface area contributed by atoms with Crippen LogP contribution >= 0.6 is 0 Å². The highest BCUT2D eigenvalue weighted by atomic mass is 16.5. The van der Waals surface area contributed by atoms with Crippen LogP contribution in [0.15, 0.2) is 23.8 Å². The summed E-state index contributed by atoms with van der Waals surface area (Å²) in [6.45, 7) is 7.66. The standard InChI is InChI=1S/C22H36O5/c1-5-13(2)22(26)27-20-12-18(25)11-16-7-6-14(3)19(21(16)20)9-8-17(24)10-15(4)23/h6-7,11,13-15,17-21,23-25H,5,8-10,12H2,1-4H3/t13-,14-,15-,17+,18+,19-,20?,21-/m0/s1. The molecule has 0 aliphatic heterocycles. The van der Waals surface area contributed by atoms with Crippen LogP contribution in [0.4, 0.5) is 0 Å². The van der Waals surface area contributed by atoms with Gasteiger partial charge in [-0.05, 0) is 50.0 Å². The van der Waals surface area contributed by atoms with Crippen LogP contribution in [-0.4, -0.2) is 45.7 Å². The molecule has 1 unspecified atom stereocenters. The van der Waals surface area contributed by atoms with Crippen LogP contribution in [0, 0.1) is 23.7 Å². The Hall–Kier alpha value is -1.17. The zero-order chi connectivity index (χ0) is 20.1. The van der Waals surface area contributed by atoms with Crippen molar-refractivity contribution >= 4 is 5.97 Å². The van der Waals surface area contributed by atoms with Crippen LogP contribution in [0.25, 0.3) is 0 Å². The third-order valence-corrected chi connectivity index (χ3v) is 6.10. The van der Waals surface area contributed by atoms with E-state index in [0.717, 1.165) is 18.4 Å². The van der Waals surface area contributed by atoms with E-state index in [2.05, 4.69) is 13.0 Å². The summed E-state index contributed by atoms with van der Waals surface area (Å²) in [5.41, 5.74) is 1.03. The monoisotopic (exact) mass is 380 g/mol. The first-order chi connectivity index (χ1) is 12.7. The molecule has 154 valence electrons. The minimum atomic E-state index is -0.606. The van der Waals surface area contributed by atoms with Crippen molar-refractivity contribution in [3.8, 4) is 0 Å². The predicted molar refractivity (Wildman–Crippen MR) is 105 cm³/mol. The summed E-state index contributed by atoms with van der Waals surface area (Å²) < 4.78 is 5.86. The zero-order valence-electron chi connectivity index (χ0n) is 17.0. The Morgan fingerprint density at radius 2 is 2.04 bits per heavy atom. The van der Waals surface area contributed by atoms with Crippen molar-refractivity contribution < 1.29 is 24.9 Å². The SMILES string of the molecule is CC[C@H](C)C(=O)OC1C[C@H](O)C=C2C=C[C@H](C)[C@H](CC[C@@H](O)C[C@H](C)O)[C@H]21. The molecular formula is C22H36O5. The summed E-state index contributed by atoms with van der Waals surface area (Å²) in [6.07, 6.45) is 6.97. The largest absolute Gasteiger partial charge is 0.461 e. The molecule has 0 bridgehead atoms. The minimum Gasteiger partial charge on any atom is -0.461 e. The van der Waals surface area contributed by atoms with Crippen molar-refractivity contribution in [3.63, 3.8) is 0 Å². The average molecular weight is 381 g/mol. The van der Waals surface area contributed by atoms with Crippen LogP contribution < -0.4 is 0 Å². The van der Waals surface area contributed by atoms with Crippen molar-refractivity contribution in [1.82, 2.24) is 0 Å². The Morgan fingerprint density at radius 1 is 1.33 bits per heavy atom. The molecule has 0 aromatic rings. The molecule has 0 heterocycles. The quantitative estimate of drug-likeness (QED) is 0.564. The van der Waals surface area contributed by atoms with E-state index < -0.39 is 18.3 Å². The van der Waals surface area contributed by atoms with Gasteiger partial charge in [-0.25, -0.2) is 0 Å². The fourth-order valence-electron chi connectivity index (χ4n) is 4.32. The molecule has 27 heavy (non-hydrogen) atoms. The molecule has 0 fully saturated rings. The maximum Gasteiger partial charge on any atom is 0.308 e. The molecule has 3 N–H and O–H groups in total. The zero-order valence-corrected chi connectivity index (χ0v) is 17.0. The van der Waals surface area contributed by atoms with E-state index in [1.807, 2.05) is 26.0 Å². The lowest BCUT2D eigenvalue weighted by molar-refractivity contribution is -0.159. The van der Waals surface area contributed by atoms with Gasteiger partial charge in [-0.15, -0.1) is 0 Å². The van der Waals surface area contributed by atoms with Crippen LogP contribution in [0.3, 0.4) is 0 Å². The average Bonchev–Trinajstić information content (AvgIpc) is 2.59. The van der Waals surface area contributed by atoms with Gasteiger partial charge in [-0.1, -0.05) is 39.0 Å². The van der Waals surface area contributed by atoms with Gasteiger partial charge in [-0.2, -0.15) is 0 Å². The van der Waals surface area contributed by atoms with Gasteiger partial charge in [0.1, 0.15) is 6.10 Å². The summed E-state index contributed by atoms with van der Waals surface area (Å²) in [5.74, 6) is 0.212. The highest BCUT2D eigenvalue weighted by Crippen LogP contribution is 2.44. The van der Waals surface area contributed by atoms with E-state index >= 15 is 0 Å². The topological polar surface area (TPSA) is 87.0 Å². The predicted octanol–water partition coefficient (Wildman–Crippen LogP) is 2.99. The lowest BCUT2D eigenvalue weighted by Gasteiger charge is -2.43. The van der Waals surface area contributed by atoms with E-state index in [9.17, 15) is 20.1 Å². The smallest absolute Gasteiger partial charge is 0.308 e.